The molecule has 0 fully saturated rings. The Hall–Kier alpha value is -3.10. The lowest BCUT2D eigenvalue weighted by atomic mass is 10.2. The van der Waals surface area contributed by atoms with E-state index >= 15 is 0 Å². The molecule has 0 radical (unpaired) electrons. The van der Waals surface area contributed by atoms with Crippen LogP contribution in [0, 0.1) is 6.92 Å². The standard InChI is InChI=1S/C15H10F3N3O3/c1-8-2-7-11(13(22)19-8)14-20-12(21-24-14)9-3-5-10(6-4-9)23-15(16,17)18/h2-7H,1H3,(H,19,22). The molecule has 0 spiro atoms. The Labute approximate surface area is 132 Å². The van der Waals surface area contributed by atoms with E-state index < -0.39 is 6.36 Å². The van der Waals surface area contributed by atoms with Gasteiger partial charge in [-0.1, -0.05) is 5.16 Å². The third-order valence-electron chi connectivity index (χ3n) is 3.06. The zero-order valence-corrected chi connectivity index (χ0v) is 12.2. The summed E-state index contributed by atoms with van der Waals surface area (Å²) >= 11 is 0. The van der Waals surface area contributed by atoms with Crippen LogP contribution in [0.25, 0.3) is 22.8 Å². The fraction of sp³-hybridized carbons (Fsp3) is 0.133. The zero-order chi connectivity index (χ0) is 17.3. The molecule has 2 heterocycles. The molecule has 0 saturated heterocycles. The molecule has 0 atom stereocenters. The summed E-state index contributed by atoms with van der Waals surface area (Å²) in [6.07, 6.45) is -4.76. The number of nitrogens with zero attached hydrogens (tertiary/aromatic N) is 2. The summed E-state index contributed by atoms with van der Waals surface area (Å²) in [5.74, 6) is -0.199. The number of benzene rings is 1. The van der Waals surface area contributed by atoms with E-state index in [-0.39, 0.29) is 28.6 Å². The molecule has 3 rings (SSSR count). The van der Waals surface area contributed by atoms with Gasteiger partial charge in [-0.2, -0.15) is 4.98 Å². The third kappa shape index (κ3) is 3.45. The maximum absolute atomic E-state index is 12.1. The van der Waals surface area contributed by atoms with Crippen LogP contribution in [0.1, 0.15) is 5.69 Å². The van der Waals surface area contributed by atoms with Gasteiger partial charge in [-0.25, -0.2) is 0 Å². The van der Waals surface area contributed by atoms with E-state index in [4.69, 9.17) is 4.52 Å². The molecule has 0 aliphatic heterocycles. The molecule has 3 aromatic rings. The van der Waals surface area contributed by atoms with Gasteiger partial charge < -0.3 is 14.2 Å². The summed E-state index contributed by atoms with van der Waals surface area (Å²) in [5.41, 5.74) is 0.933. The highest BCUT2D eigenvalue weighted by Gasteiger charge is 2.31. The van der Waals surface area contributed by atoms with Gasteiger partial charge in [0.15, 0.2) is 0 Å². The first-order valence-corrected chi connectivity index (χ1v) is 6.72. The number of hydrogen-bond acceptors (Lipinski definition) is 5. The molecule has 0 aliphatic rings. The lowest BCUT2D eigenvalue weighted by Gasteiger charge is -2.08. The maximum Gasteiger partial charge on any atom is 0.573 e. The van der Waals surface area contributed by atoms with E-state index in [1.54, 1.807) is 19.1 Å². The average molecular weight is 337 g/mol. The van der Waals surface area contributed by atoms with E-state index in [1.165, 1.54) is 12.1 Å². The minimum Gasteiger partial charge on any atom is -0.406 e. The molecule has 1 aromatic carbocycles. The van der Waals surface area contributed by atoms with Crippen LogP contribution in [0.4, 0.5) is 13.2 Å². The summed E-state index contributed by atoms with van der Waals surface area (Å²) < 4.78 is 45.2. The Bertz CT molecular complexity index is 914. The Morgan fingerprint density at radius 1 is 1.12 bits per heavy atom. The number of pyridine rings is 1. The predicted octanol–water partition coefficient (Wildman–Crippen LogP) is 3.30. The Balaban J connectivity index is 1.87. The minimum absolute atomic E-state index is 0.0156. The smallest absolute Gasteiger partial charge is 0.406 e. The Morgan fingerprint density at radius 3 is 2.46 bits per heavy atom. The summed E-state index contributed by atoms with van der Waals surface area (Å²) in [4.78, 5) is 18.6. The monoisotopic (exact) mass is 337 g/mol. The van der Waals surface area contributed by atoms with Crippen molar-refractivity contribution in [3.63, 3.8) is 0 Å². The number of aromatic amines is 1. The van der Waals surface area contributed by atoms with Crippen molar-refractivity contribution in [3.8, 4) is 28.6 Å². The van der Waals surface area contributed by atoms with Crippen LogP contribution in [-0.2, 0) is 0 Å². The van der Waals surface area contributed by atoms with Gasteiger partial charge >= 0.3 is 6.36 Å². The third-order valence-corrected chi connectivity index (χ3v) is 3.06. The van der Waals surface area contributed by atoms with Gasteiger partial charge in [-0.05, 0) is 43.3 Å². The van der Waals surface area contributed by atoms with E-state index in [0.29, 0.717) is 11.3 Å². The van der Waals surface area contributed by atoms with Crippen molar-refractivity contribution in [1.29, 1.82) is 0 Å². The van der Waals surface area contributed by atoms with Gasteiger partial charge in [0.2, 0.25) is 5.82 Å². The fourth-order valence-electron chi connectivity index (χ4n) is 2.00. The van der Waals surface area contributed by atoms with Crippen molar-refractivity contribution in [2.45, 2.75) is 13.3 Å². The van der Waals surface area contributed by atoms with E-state index in [0.717, 1.165) is 12.1 Å². The lowest BCUT2D eigenvalue weighted by molar-refractivity contribution is -0.274. The van der Waals surface area contributed by atoms with Crippen molar-refractivity contribution < 1.29 is 22.4 Å². The second-order valence-corrected chi connectivity index (χ2v) is 4.88. The van der Waals surface area contributed by atoms with Crippen molar-refractivity contribution in [3.05, 3.63) is 52.4 Å². The maximum atomic E-state index is 12.1. The van der Waals surface area contributed by atoms with Crippen LogP contribution in [-0.4, -0.2) is 21.5 Å². The molecule has 24 heavy (non-hydrogen) atoms. The normalized spacial score (nSPS) is 11.5. The van der Waals surface area contributed by atoms with E-state index in [1.807, 2.05) is 0 Å². The highest BCUT2D eigenvalue weighted by Crippen LogP contribution is 2.26. The van der Waals surface area contributed by atoms with E-state index in [2.05, 4.69) is 19.9 Å². The second-order valence-electron chi connectivity index (χ2n) is 4.88. The fourth-order valence-corrected chi connectivity index (χ4v) is 2.00. The lowest BCUT2D eigenvalue weighted by Crippen LogP contribution is -2.16. The molecule has 0 bridgehead atoms. The molecule has 0 aliphatic carbocycles. The van der Waals surface area contributed by atoms with Gasteiger partial charge in [-0.3, -0.25) is 4.79 Å². The number of halogens is 3. The molecule has 6 nitrogen and oxygen atoms in total. The number of nitrogens with one attached hydrogen (secondary N) is 1. The number of hydrogen-bond donors (Lipinski definition) is 1. The van der Waals surface area contributed by atoms with Crippen LogP contribution in [0.3, 0.4) is 0 Å². The number of rotatable bonds is 3. The van der Waals surface area contributed by atoms with Gasteiger partial charge in [0, 0.05) is 11.3 Å². The Kier molecular flexibility index (Phi) is 3.84. The quantitative estimate of drug-likeness (QED) is 0.793. The zero-order valence-electron chi connectivity index (χ0n) is 12.2. The van der Waals surface area contributed by atoms with Gasteiger partial charge in [0.1, 0.15) is 11.3 Å². The molecule has 2 aromatic heterocycles. The number of H-pyrrole nitrogens is 1. The topological polar surface area (TPSA) is 81.0 Å². The van der Waals surface area contributed by atoms with Gasteiger partial charge in [-0.15, -0.1) is 13.2 Å². The first-order valence-electron chi connectivity index (χ1n) is 6.72. The van der Waals surface area contributed by atoms with Crippen molar-refractivity contribution in [1.82, 2.24) is 15.1 Å². The minimum atomic E-state index is -4.76. The number of aryl methyl sites for hydroxylation is 1. The number of aromatic nitrogens is 3. The SMILES string of the molecule is Cc1ccc(-c2nc(-c3ccc(OC(F)(F)F)cc3)no2)c(=O)[nH]1. The predicted molar refractivity (Wildman–Crippen MR) is 77.2 cm³/mol. The largest absolute Gasteiger partial charge is 0.573 e. The summed E-state index contributed by atoms with van der Waals surface area (Å²) in [6.45, 7) is 1.73. The summed E-state index contributed by atoms with van der Waals surface area (Å²) in [7, 11) is 0. The molecule has 0 saturated carbocycles. The number of ether oxygens (including phenoxy) is 1. The van der Waals surface area contributed by atoms with Crippen molar-refractivity contribution in [2.75, 3.05) is 0 Å². The highest BCUT2D eigenvalue weighted by atomic mass is 19.4. The first kappa shape index (κ1) is 15.8. The number of alkyl halides is 3. The molecule has 0 unspecified atom stereocenters. The summed E-state index contributed by atoms with van der Waals surface area (Å²) in [5, 5.41) is 3.73. The van der Waals surface area contributed by atoms with Crippen LogP contribution in [0.15, 0.2) is 45.7 Å². The van der Waals surface area contributed by atoms with Crippen molar-refractivity contribution >= 4 is 0 Å². The molecule has 1 N–H and O–H groups in total. The van der Waals surface area contributed by atoms with Crippen molar-refractivity contribution in [2.24, 2.45) is 0 Å². The van der Waals surface area contributed by atoms with Gasteiger partial charge in [0.05, 0.1) is 0 Å². The first-order chi connectivity index (χ1) is 11.3. The molecule has 9 heteroatoms. The summed E-state index contributed by atoms with van der Waals surface area (Å²) in [6, 6.07) is 8.22. The highest BCUT2D eigenvalue weighted by molar-refractivity contribution is 5.59. The van der Waals surface area contributed by atoms with Gasteiger partial charge in [0.25, 0.3) is 11.4 Å². The van der Waals surface area contributed by atoms with E-state index in [9.17, 15) is 18.0 Å². The van der Waals surface area contributed by atoms with Crippen LogP contribution in [0.5, 0.6) is 5.75 Å². The molecule has 0 amide bonds. The molecule has 124 valence electrons. The van der Waals surface area contributed by atoms with Crippen LogP contribution in [0.2, 0.25) is 0 Å². The molecular formula is C15H10F3N3O3. The average Bonchev–Trinajstić information content (AvgIpc) is 2.96. The molecular weight excluding hydrogens is 327 g/mol. The second kappa shape index (κ2) is 5.84. The van der Waals surface area contributed by atoms with Crippen LogP contribution >= 0.6 is 0 Å². The van der Waals surface area contributed by atoms with Crippen LogP contribution < -0.4 is 10.3 Å². The Morgan fingerprint density at radius 2 is 1.83 bits per heavy atom.